The first-order valence-electron chi connectivity index (χ1n) is 5.45. The van der Waals surface area contributed by atoms with Crippen LogP contribution in [0.3, 0.4) is 0 Å². The van der Waals surface area contributed by atoms with Gasteiger partial charge in [0.2, 0.25) is 0 Å². The lowest BCUT2D eigenvalue weighted by atomic mass is 10.3. The van der Waals surface area contributed by atoms with E-state index in [-0.39, 0.29) is 5.69 Å². The Hall–Kier alpha value is -1.86. The lowest BCUT2D eigenvalue weighted by Crippen LogP contribution is -2.14. The number of carboxylic acids is 1. The standard InChI is InChI=1S/C11H17N3O4/c1-17-6-7-18-5-4-13-10-8(12)2-3-9(14-10)11(15)16/h2-3H,4-7,12H2,1H3,(H,13,14)(H,15,16). The van der Waals surface area contributed by atoms with Gasteiger partial charge in [0.1, 0.15) is 5.82 Å². The maximum Gasteiger partial charge on any atom is 0.354 e. The summed E-state index contributed by atoms with van der Waals surface area (Å²) in [5.41, 5.74) is 6.02. The minimum Gasteiger partial charge on any atom is -0.477 e. The number of aromatic carboxylic acids is 1. The molecule has 1 rings (SSSR count). The number of methoxy groups -OCH3 is 1. The number of anilines is 2. The van der Waals surface area contributed by atoms with Crippen LogP contribution in [0.4, 0.5) is 11.5 Å². The number of aromatic nitrogens is 1. The van der Waals surface area contributed by atoms with Gasteiger partial charge in [-0.3, -0.25) is 0 Å². The Morgan fingerprint density at radius 1 is 1.44 bits per heavy atom. The van der Waals surface area contributed by atoms with Crippen molar-refractivity contribution in [1.29, 1.82) is 0 Å². The second kappa shape index (κ2) is 7.46. The summed E-state index contributed by atoms with van der Waals surface area (Å²) in [7, 11) is 1.60. The van der Waals surface area contributed by atoms with Crippen molar-refractivity contribution in [2.45, 2.75) is 0 Å². The monoisotopic (exact) mass is 255 g/mol. The van der Waals surface area contributed by atoms with Crippen LogP contribution in [0.1, 0.15) is 10.5 Å². The summed E-state index contributed by atoms with van der Waals surface area (Å²) in [6.07, 6.45) is 0. The number of ether oxygens (including phenoxy) is 2. The molecule has 0 spiro atoms. The van der Waals surface area contributed by atoms with Gasteiger partial charge >= 0.3 is 5.97 Å². The van der Waals surface area contributed by atoms with Gasteiger partial charge in [0.15, 0.2) is 5.69 Å². The Kier molecular flexibility index (Phi) is 5.89. The van der Waals surface area contributed by atoms with E-state index < -0.39 is 5.97 Å². The number of hydrogen-bond acceptors (Lipinski definition) is 6. The minimum absolute atomic E-state index is 0.0491. The summed E-state index contributed by atoms with van der Waals surface area (Å²) < 4.78 is 10.1. The van der Waals surface area contributed by atoms with E-state index in [0.717, 1.165) is 0 Å². The van der Waals surface area contributed by atoms with E-state index in [0.29, 0.717) is 37.9 Å². The highest BCUT2D eigenvalue weighted by molar-refractivity contribution is 5.86. The van der Waals surface area contributed by atoms with Gasteiger partial charge < -0.3 is 25.6 Å². The highest BCUT2D eigenvalue weighted by Gasteiger charge is 2.07. The molecular weight excluding hydrogens is 238 g/mol. The van der Waals surface area contributed by atoms with Crippen molar-refractivity contribution in [3.63, 3.8) is 0 Å². The average Bonchev–Trinajstić information content (AvgIpc) is 2.35. The van der Waals surface area contributed by atoms with Crippen LogP contribution in [0.5, 0.6) is 0 Å². The number of carboxylic acid groups (broad SMARTS) is 1. The van der Waals surface area contributed by atoms with Crippen LogP contribution in [0, 0.1) is 0 Å². The first kappa shape index (κ1) is 14.2. The first-order chi connectivity index (χ1) is 8.65. The molecule has 0 aromatic carbocycles. The van der Waals surface area contributed by atoms with Crippen LogP contribution in [-0.2, 0) is 9.47 Å². The Labute approximate surface area is 105 Å². The number of nitrogen functional groups attached to an aromatic ring is 1. The zero-order valence-corrected chi connectivity index (χ0v) is 10.2. The van der Waals surface area contributed by atoms with Gasteiger partial charge in [-0.05, 0) is 12.1 Å². The number of nitrogens with two attached hydrogens (primary N) is 1. The van der Waals surface area contributed by atoms with Crippen molar-refractivity contribution in [2.75, 3.05) is 44.5 Å². The molecule has 1 aromatic rings. The van der Waals surface area contributed by atoms with Gasteiger partial charge in [0, 0.05) is 13.7 Å². The molecule has 0 fully saturated rings. The SMILES string of the molecule is COCCOCCNc1nc(C(=O)O)ccc1N. The van der Waals surface area contributed by atoms with Crippen molar-refractivity contribution in [1.82, 2.24) is 4.98 Å². The maximum absolute atomic E-state index is 10.7. The summed E-state index contributed by atoms with van der Waals surface area (Å²) in [6.45, 7) is 2.00. The zero-order valence-electron chi connectivity index (χ0n) is 10.2. The van der Waals surface area contributed by atoms with Crippen LogP contribution in [0.15, 0.2) is 12.1 Å². The first-order valence-corrected chi connectivity index (χ1v) is 5.45. The molecule has 1 aromatic heterocycles. The summed E-state index contributed by atoms with van der Waals surface area (Å²) in [5.74, 6) is -0.736. The Morgan fingerprint density at radius 3 is 2.89 bits per heavy atom. The molecule has 0 aliphatic rings. The van der Waals surface area contributed by atoms with Gasteiger partial charge in [-0.1, -0.05) is 0 Å². The van der Waals surface area contributed by atoms with Crippen molar-refractivity contribution in [2.24, 2.45) is 0 Å². The number of rotatable bonds is 8. The minimum atomic E-state index is -1.09. The summed E-state index contributed by atoms with van der Waals surface area (Å²) in [6, 6.07) is 2.86. The highest BCUT2D eigenvalue weighted by atomic mass is 16.5. The summed E-state index contributed by atoms with van der Waals surface area (Å²) in [5, 5.41) is 11.7. The second-order valence-electron chi connectivity index (χ2n) is 3.47. The average molecular weight is 255 g/mol. The molecular formula is C11H17N3O4. The molecule has 100 valence electrons. The van der Waals surface area contributed by atoms with Crippen LogP contribution >= 0.6 is 0 Å². The number of carbonyl (C=O) groups is 1. The van der Waals surface area contributed by atoms with Crippen LogP contribution in [0.2, 0.25) is 0 Å². The van der Waals surface area contributed by atoms with Gasteiger partial charge in [-0.15, -0.1) is 0 Å². The molecule has 0 atom stereocenters. The lowest BCUT2D eigenvalue weighted by molar-refractivity contribution is 0.0690. The Bertz CT molecular complexity index is 398. The number of hydrogen-bond donors (Lipinski definition) is 3. The molecule has 4 N–H and O–H groups in total. The van der Waals surface area contributed by atoms with Crippen molar-refractivity contribution >= 4 is 17.5 Å². The predicted octanol–water partition coefficient (Wildman–Crippen LogP) is 0.437. The van der Waals surface area contributed by atoms with Crippen molar-refractivity contribution < 1.29 is 19.4 Å². The third kappa shape index (κ3) is 4.56. The molecule has 0 amide bonds. The van der Waals surface area contributed by atoms with Crippen LogP contribution in [0.25, 0.3) is 0 Å². The third-order valence-electron chi connectivity index (χ3n) is 2.12. The van der Waals surface area contributed by atoms with Crippen LogP contribution < -0.4 is 11.1 Å². The fourth-order valence-electron chi connectivity index (χ4n) is 1.22. The molecule has 0 saturated heterocycles. The molecule has 0 aliphatic heterocycles. The van der Waals surface area contributed by atoms with Gasteiger partial charge in [-0.25, -0.2) is 9.78 Å². The number of pyridine rings is 1. The smallest absolute Gasteiger partial charge is 0.354 e. The maximum atomic E-state index is 10.7. The van der Waals surface area contributed by atoms with E-state index in [9.17, 15) is 4.79 Å². The van der Waals surface area contributed by atoms with Gasteiger partial charge in [0.25, 0.3) is 0 Å². The molecule has 0 aliphatic carbocycles. The summed E-state index contributed by atoms with van der Waals surface area (Å²) >= 11 is 0. The molecule has 1 heterocycles. The molecule has 0 radical (unpaired) electrons. The second-order valence-corrected chi connectivity index (χ2v) is 3.47. The van der Waals surface area contributed by atoms with E-state index in [1.54, 1.807) is 7.11 Å². The van der Waals surface area contributed by atoms with E-state index in [1.165, 1.54) is 12.1 Å². The van der Waals surface area contributed by atoms with Crippen molar-refractivity contribution in [3.05, 3.63) is 17.8 Å². The number of nitrogens with one attached hydrogen (secondary N) is 1. The molecule has 0 unspecified atom stereocenters. The third-order valence-corrected chi connectivity index (χ3v) is 2.12. The predicted molar refractivity (Wildman–Crippen MR) is 66.8 cm³/mol. The van der Waals surface area contributed by atoms with Crippen molar-refractivity contribution in [3.8, 4) is 0 Å². The zero-order chi connectivity index (χ0) is 13.4. The molecule has 7 heteroatoms. The molecule has 0 saturated carbocycles. The largest absolute Gasteiger partial charge is 0.477 e. The summed E-state index contributed by atoms with van der Waals surface area (Å²) in [4.78, 5) is 14.6. The van der Waals surface area contributed by atoms with E-state index in [4.69, 9.17) is 20.3 Å². The normalized spacial score (nSPS) is 10.3. The van der Waals surface area contributed by atoms with Crippen LogP contribution in [-0.4, -0.2) is 49.5 Å². The topological polar surface area (TPSA) is 107 Å². The quantitative estimate of drug-likeness (QED) is 0.578. The molecule has 18 heavy (non-hydrogen) atoms. The van der Waals surface area contributed by atoms with Gasteiger partial charge in [-0.2, -0.15) is 0 Å². The molecule has 0 bridgehead atoms. The van der Waals surface area contributed by atoms with E-state index >= 15 is 0 Å². The fraction of sp³-hybridized carbons (Fsp3) is 0.455. The Morgan fingerprint density at radius 2 is 2.22 bits per heavy atom. The fourth-order valence-corrected chi connectivity index (χ4v) is 1.22. The Balaban J connectivity index is 2.41. The molecule has 7 nitrogen and oxygen atoms in total. The lowest BCUT2D eigenvalue weighted by Gasteiger charge is -2.09. The number of nitrogens with zero attached hydrogens (tertiary/aromatic N) is 1. The highest BCUT2D eigenvalue weighted by Crippen LogP contribution is 2.15. The van der Waals surface area contributed by atoms with E-state index in [2.05, 4.69) is 10.3 Å². The van der Waals surface area contributed by atoms with E-state index in [1.807, 2.05) is 0 Å². The van der Waals surface area contributed by atoms with Gasteiger partial charge in [0.05, 0.1) is 25.5 Å².